The second-order valence-electron chi connectivity index (χ2n) is 6.37. The molecule has 4 nitrogen and oxygen atoms in total. The van der Waals surface area contributed by atoms with Crippen LogP contribution >= 0.6 is 12.2 Å². The smallest absolute Gasteiger partial charge is 0.389 e. The Morgan fingerprint density at radius 2 is 1.39 bits per heavy atom. The van der Waals surface area contributed by atoms with Crippen LogP contribution in [0.3, 0.4) is 0 Å². The highest BCUT2D eigenvalue weighted by Crippen LogP contribution is 2.32. The Morgan fingerprint density at radius 1 is 0.871 bits per heavy atom. The van der Waals surface area contributed by atoms with Crippen molar-refractivity contribution in [3.8, 4) is 11.4 Å². The molecule has 3 aromatic rings. The van der Waals surface area contributed by atoms with E-state index in [1.165, 1.54) is 12.4 Å². The van der Waals surface area contributed by atoms with Gasteiger partial charge in [0.25, 0.3) is 0 Å². The predicted molar refractivity (Wildman–Crippen MR) is 110 cm³/mol. The van der Waals surface area contributed by atoms with E-state index in [0.29, 0.717) is 22.5 Å². The van der Waals surface area contributed by atoms with Crippen LogP contribution in [0.25, 0.3) is 11.4 Å². The molecule has 0 fully saturated rings. The number of nitrogens with zero attached hydrogens (tertiary/aromatic N) is 2. The number of nitrogens with two attached hydrogens (primary N) is 1. The van der Waals surface area contributed by atoms with Crippen LogP contribution in [0.4, 0.5) is 26.3 Å². The molecule has 0 aliphatic carbocycles. The molecule has 0 aliphatic heterocycles. The van der Waals surface area contributed by atoms with Crippen LogP contribution in [0.1, 0.15) is 35.2 Å². The molecular formula is C20H20F6N4S. The monoisotopic (exact) mass is 462 g/mol. The van der Waals surface area contributed by atoms with Crippen LogP contribution in [-0.2, 0) is 12.4 Å². The van der Waals surface area contributed by atoms with E-state index in [4.69, 9.17) is 5.73 Å². The van der Waals surface area contributed by atoms with E-state index in [0.717, 1.165) is 24.3 Å². The fraction of sp³-hybridized carbons (Fsp3) is 0.250. The summed E-state index contributed by atoms with van der Waals surface area (Å²) in [5, 5.41) is 6.13. The van der Waals surface area contributed by atoms with Gasteiger partial charge in [0, 0.05) is 11.1 Å². The van der Waals surface area contributed by atoms with Crippen LogP contribution in [0.15, 0.2) is 42.7 Å². The molecule has 3 N–H and O–H groups in total. The van der Waals surface area contributed by atoms with Crippen molar-refractivity contribution in [3.63, 3.8) is 0 Å². The number of thiocarbonyl (C=S) groups is 1. The Kier molecular flexibility index (Phi) is 8.33. The summed E-state index contributed by atoms with van der Waals surface area (Å²) in [6.07, 6.45) is -7.45. The number of aromatic nitrogens is 3. The molecule has 0 aliphatic rings. The normalized spacial score (nSPS) is 11.2. The van der Waals surface area contributed by atoms with Crippen LogP contribution < -0.4 is 5.73 Å². The van der Waals surface area contributed by atoms with Gasteiger partial charge in [-0.2, -0.15) is 31.4 Å². The summed E-state index contributed by atoms with van der Waals surface area (Å²) < 4.78 is 74.6. The maximum Gasteiger partial charge on any atom is 0.416 e. The maximum absolute atomic E-state index is 12.5. The Morgan fingerprint density at radius 3 is 1.84 bits per heavy atom. The molecule has 0 spiro atoms. The number of halogens is 6. The lowest BCUT2D eigenvalue weighted by Crippen LogP contribution is -2.12. The van der Waals surface area contributed by atoms with Gasteiger partial charge in [-0.05, 0) is 61.4 Å². The summed E-state index contributed by atoms with van der Waals surface area (Å²) in [4.78, 5) is 3.79. The molecule has 1 heterocycles. The number of hydrogen-bond donors (Lipinski definition) is 2. The Labute approximate surface area is 180 Å². The van der Waals surface area contributed by atoms with Crippen molar-refractivity contribution in [2.75, 3.05) is 0 Å². The molecule has 0 atom stereocenters. The van der Waals surface area contributed by atoms with Crippen molar-refractivity contribution < 1.29 is 26.3 Å². The number of aryl methyl sites for hydroxylation is 2. The summed E-state index contributed by atoms with van der Waals surface area (Å²) in [5.41, 5.74) is 5.50. The van der Waals surface area contributed by atoms with Gasteiger partial charge in [-0.25, -0.2) is 4.98 Å². The average molecular weight is 462 g/mol. The summed E-state index contributed by atoms with van der Waals surface area (Å²) in [6.45, 7) is 3.17. The van der Waals surface area contributed by atoms with Gasteiger partial charge in [-0.15, -0.1) is 0 Å². The number of hydrogen-bond acceptors (Lipinski definition) is 3. The minimum absolute atomic E-state index is 0. The first-order valence-electron chi connectivity index (χ1n) is 8.30. The summed E-state index contributed by atoms with van der Waals surface area (Å²) in [5.74, 6) is 0.328. The topological polar surface area (TPSA) is 67.6 Å². The Balaban J connectivity index is 0.000000303. The molecule has 0 radical (unpaired) electrons. The average Bonchev–Trinajstić information content (AvgIpc) is 3.14. The van der Waals surface area contributed by atoms with Gasteiger partial charge in [-0.3, -0.25) is 5.10 Å². The largest absolute Gasteiger partial charge is 0.416 e. The van der Waals surface area contributed by atoms with E-state index in [1.807, 2.05) is 0 Å². The zero-order valence-corrected chi connectivity index (χ0v) is 16.5. The van der Waals surface area contributed by atoms with E-state index in [1.54, 1.807) is 19.9 Å². The second kappa shape index (κ2) is 9.90. The van der Waals surface area contributed by atoms with Crippen molar-refractivity contribution >= 4 is 17.2 Å². The third-order valence-corrected chi connectivity index (χ3v) is 4.02. The van der Waals surface area contributed by atoms with Crippen molar-refractivity contribution in [1.29, 1.82) is 0 Å². The van der Waals surface area contributed by atoms with E-state index in [2.05, 4.69) is 27.4 Å². The highest BCUT2D eigenvalue weighted by atomic mass is 32.1. The van der Waals surface area contributed by atoms with Crippen LogP contribution in [0.5, 0.6) is 0 Å². The molecule has 0 unspecified atom stereocenters. The van der Waals surface area contributed by atoms with E-state index in [9.17, 15) is 26.3 Å². The zero-order chi connectivity index (χ0) is 22.7. The SMILES string of the molecule is C.Cc1cc(-c2ncn[nH]2)cc(C(F)(F)F)c1.Cc1cc(C(N)=S)cc(C(F)(F)F)c1. The molecule has 1 aromatic heterocycles. The van der Waals surface area contributed by atoms with E-state index < -0.39 is 23.5 Å². The van der Waals surface area contributed by atoms with Crippen molar-refractivity contribution in [3.05, 3.63) is 70.5 Å². The first-order chi connectivity index (χ1) is 13.8. The molecule has 0 saturated heterocycles. The number of alkyl halides is 6. The van der Waals surface area contributed by atoms with Crippen LogP contribution in [-0.4, -0.2) is 20.2 Å². The maximum atomic E-state index is 12.5. The van der Waals surface area contributed by atoms with Crippen molar-refractivity contribution in [2.24, 2.45) is 5.73 Å². The molecule has 0 bridgehead atoms. The lowest BCUT2D eigenvalue weighted by Gasteiger charge is -2.09. The van der Waals surface area contributed by atoms with Gasteiger partial charge >= 0.3 is 12.4 Å². The quantitative estimate of drug-likeness (QED) is 0.358. The molecule has 2 aromatic carbocycles. The minimum Gasteiger partial charge on any atom is -0.389 e. The molecule has 168 valence electrons. The lowest BCUT2D eigenvalue weighted by molar-refractivity contribution is -0.138. The number of benzene rings is 2. The predicted octanol–water partition coefficient (Wildman–Crippen LogP) is 6.08. The fourth-order valence-corrected chi connectivity index (χ4v) is 2.63. The number of H-pyrrole nitrogens is 1. The number of nitrogens with one attached hydrogen (secondary N) is 1. The van der Waals surface area contributed by atoms with Gasteiger partial charge in [0.15, 0.2) is 5.82 Å². The minimum atomic E-state index is -4.36. The molecule has 0 saturated carbocycles. The van der Waals surface area contributed by atoms with Crippen molar-refractivity contribution in [1.82, 2.24) is 15.2 Å². The second-order valence-corrected chi connectivity index (χ2v) is 6.81. The molecule has 0 amide bonds. The molecule has 11 heteroatoms. The standard InChI is InChI=1S/C10H8F3N3.C9H8F3NS.CH4/c1-6-2-7(9-14-5-15-16-9)4-8(3-6)10(11,12)13;1-5-2-6(8(13)14)4-7(3-5)9(10,11)12;/h2-5H,1H3,(H,14,15,16);2-4H,1H3,(H2,13,14);1H4. The first kappa shape index (κ1) is 26.1. The molecule has 3 rings (SSSR count). The number of aromatic amines is 1. The van der Waals surface area contributed by atoms with Gasteiger partial charge in [0.05, 0.1) is 11.1 Å². The van der Waals surface area contributed by atoms with E-state index in [-0.39, 0.29) is 18.0 Å². The summed E-state index contributed by atoms with van der Waals surface area (Å²) in [6, 6.07) is 7.30. The third kappa shape index (κ3) is 7.35. The Hall–Kier alpha value is -2.95. The lowest BCUT2D eigenvalue weighted by atomic mass is 10.1. The highest BCUT2D eigenvalue weighted by Gasteiger charge is 2.31. The van der Waals surface area contributed by atoms with Crippen molar-refractivity contribution in [2.45, 2.75) is 33.6 Å². The summed E-state index contributed by atoms with van der Waals surface area (Å²) in [7, 11) is 0. The van der Waals surface area contributed by atoms with Gasteiger partial charge in [0.2, 0.25) is 0 Å². The molecular weight excluding hydrogens is 442 g/mol. The highest BCUT2D eigenvalue weighted by molar-refractivity contribution is 7.80. The van der Waals surface area contributed by atoms with Gasteiger partial charge in [0.1, 0.15) is 11.3 Å². The summed E-state index contributed by atoms with van der Waals surface area (Å²) >= 11 is 4.61. The van der Waals surface area contributed by atoms with E-state index >= 15 is 0 Å². The zero-order valence-electron chi connectivity index (χ0n) is 15.7. The van der Waals surface area contributed by atoms with Gasteiger partial charge < -0.3 is 5.73 Å². The Bertz CT molecular complexity index is 1030. The third-order valence-electron chi connectivity index (χ3n) is 3.78. The number of rotatable bonds is 2. The first-order valence-corrected chi connectivity index (χ1v) is 8.71. The molecule has 31 heavy (non-hydrogen) atoms. The van der Waals surface area contributed by atoms with Crippen LogP contribution in [0.2, 0.25) is 0 Å². The van der Waals surface area contributed by atoms with Crippen LogP contribution in [0, 0.1) is 13.8 Å². The van der Waals surface area contributed by atoms with Gasteiger partial charge in [-0.1, -0.05) is 19.6 Å². The fourth-order valence-electron chi connectivity index (χ4n) is 2.52.